The van der Waals surface area contributed by atoms with Crippen molar-refractivity contribution in [1.29, 1.82) is 0 Å². The predicted octanol–water partition coefficient (Wildman–Crippen LogP) is 5.88. The maximum atomic E-state index is 6.00. The molecule has 5 heterocycles. The SMILES string of the molecule is COc1cnc2c(Oc3ccc(Nc4nnc(-c5cccc(C)n5)c5ccccc45)cn3)ccnc2c1. The molecule has 37 heavy (non-hydrogen) atoms. The van der Waals surface area contributed by atoms with Gasteiger partial charge in [0.1, 0.15) is 17.0 Å². The predicted molar refractivity (Wildman–Crippen MR) is 141 cm³/mol. The molecular formula is C28H21N7O2. The van der Waals surface area contributed by atoms with Gasteiger partial charge in [0.2, 0.25) is 5.88 Å². The molecule has 180 valence electrons. The molecule has 6 rings (SSSR count). The van der Waals surface area contributed by atoms with Crippen molar-refractivity contribution in [2.45, 2.75) is 6.92 Å². The molecule has 0 saturated heterocycles. The Labute approximate surface area is 212 Å². The quantitative estimate of drug-likeness (QED) is 0.308. The van der Waals surface area contributed by atoms with Gasteiger partial charge in [0, 0.05) is 40.9 Å². The van der Waals surface area contributed by atoms with E-state index in [9.17, 15) is 0 Å². The third-order valence-electron chi connectivity index (χ3n) is 5.78. The van der Waals surface area contributed by atoms with Crippen LogP contribution >= 0.6 is 0 Å². The second-order valence-electron chi connectivity index (χ2n) is 8.27. The first-order valence-electron chi connectivity index (χ1n) is 11.6. The molecule has 0 aliphatic carbocycles. The van der Waals surface area contributed by atoms with Crippen LogP contribution in [0, 0.1) is 6.92 Å². The molecule has 1 aromatic carbocycles. The Hall–Kier alpha value is -5.18. The van der Waals surface area contributed by atoms with Crippen LogP contribution in [0.25, 0.3) is 33.2 Å². The van der Waals surface area contributed by atoms with Crippen molar-refractivity contribution in [3.8, 4) is 28.8 Å². The van der Waals surface area contributed by atoms with E-state index in [0.717, 1.165) is 33.5 Å². The van der Waals surface area contributed by atoms with Crippen LogP contribution in [-0.2, 0) is 0 Å². The molecule has 6 aromatic rings. The number of aryl methyl sites for hydroxylation is 1. The Kier molecular flexibility index (Phi) is 5.70. The van der Waals surface area contributed by atoms with Gasteiger partial charge in [-0.25, -0.2) is 9.97 Å². The number of aromatic nitrogens is 6. The highest BCUT2D eigenvalue weighted by molar-refractivity contribution is 6.00. The third kappa shape index (κ3) is 4.45. The van der Waals surface area contributed by atoms with E-state index in [1.54, 1.807) is 43.9 Å². The largest absolute Gasteiger partial charge is 0.495 e. The van der Waals surface area contributed by atoms with Crippen molar-refractivity contribution in [3.63, 3.8) is 0 Å². The number of hydrogen-bond acceptors (Lipinski definition) is 9. The van der Waals surface area contributed by atoms with E-state index in [2.05, 4.69) is 35.5 Å². The summed E-state index contributed by atoms with van der Waals surface area (Å²) in [7, 11) is 1.59. The maximum absolute atomic E-state index is 6.00. The van der Waals surface area contributed by atoms with Crippen molar-refractivity contribution >= 4 is 33.3 Å². The Morgan fingerprint density at radius 1 is 0.811 bits per heavy atom. The number of methoxy groups -OCH3 is 1. The van der Waals surface area contributed by atoms with E-state index in [-0.39, 0.29) is 0 Å². The number of pyridine rings is 4. The van der Waals surface area contributed by atoms with Gasteiger partial charge in [0.05, 0.1) is 36.4 Å². The molecule has 0 bridgehead atoms. The fourth-order valence-electron chi connectivity index (χ4n) is 4.01. The highest BCUT2D eigenvalue weighted by Crippen LogP contribution is 2.31. The number of ether oxygens (including phenoxy) is 2. The molecule has 1 N–H and O–H groups in total. The van der Waals surface area contributed by atoms with Crippen LogP contribution in [-0.4, -0.2) is 37.2 Å². The van der Waals surface area contributed by atoms with E-state index in [0.29, 0.717) is 34.2 Å². The van der Waals surface area contributed by atoms with Crippen molar-refractivity contribution < 1.29 is 9.47 Å². The molecule has 9 heteroatoms. The Balaban J connectivity index is 1.27. The average molecular weight is 488 g/mol. The van der Waals surface area contributed by atoms with E-state index in [1.165, 1.54) is 0 Å². The lowest BCUT2D eigenvalue weighted by atomic mass is 10.1. The number of nitrogens with one attached hydrogen (secondary N) is 1. The minimum atomic E-state index is 0.424. The van der Waals surface area contributed by atoms with Crippen LogP contribution in [0.2, 0.25) is 0 Å². The first kappa shape index (κ1) is 22.3. The molecule has 0 aliphatic heterocycles. The molecule has 0 unspecified atom stereocenters. The van der Waals surface area contributed by atoms with Crippen molar-refractivity contribution in [2.75, 3.05) is 12.4 Å². The summed E-state index contributed by atoms with van der Waals surface area (Å²) in [4.78, 5) is 17.8. The second kappa shape index (κ2) is 9.46. The van der Waals surface area contributed by atoms with Crippen LogP contribution in [0.1, 0.15) is 5.69 Å². The fraction of sp³-hybridized carbons (Fsp3) is 0.0714. The molecule has 0 aliphatic rings. The summed E-state index contributed by atoms with van der Waals surface area (Å²) in [5.74, 6) is 2.23. The third-order valence-corrected chi connectivity index (χ3v) is 5.78. The van der Waals surface area contributed by atoms with Crippen LogP contribution in [0.5, 0.6) is 17.4 Å². The summed E-state index contributed by atoms with van der Waals surface area (Å²) in [5, 5.41) is 14.2. The zero-order valence-electron chi connectivity index (χ0n) is 20.1. The molecule has 0 atom stereocenters. The van der Waals surface area contributed by atoms with Gasteiger partial charge in [-0.2, -0.15) is 0 Å². The van der Waals surface area contributed by atoms with Gasteiger partial charge in [-0.15, -0.1) is 10.2 Å². The number of anilines is 2. The van der Waals surface area contributed by atoms with Gasteiger partial charge in [-0.3, -0.25) is 9.97 Å². The summed E-state index contributed by atoms with van der Waals surface area (Å²) in [5.41, 5.74) is 4.49. The van der Waals surface area contributed by atoms with Crippen LogP contribution in [0.3, 0.4) is 0 Å². The first-order chi connectivity index (χ1) is 18.2. The Morgan fingerprint density at radius 2 is 1.70 bits per heavy atom. The monoisotopic (exact) mass is 487 g/mol. The van der Waals surface area contributed by atoms with E-state index >= 15 is 0 Å². The average Bonchev–Trinajstić information content (AvgIpc) is 2.94. The fourth-order valence-corrected chi connectivity index (χ4v) is 4.01. The molecule has 0 spiro atoms. The Bertz CT molecular complexity index is 1740. The van der Waals surface area contributed by atoms with Gasteiger partial charge in [-0.1, -0.05) is 30.3 Å². The summed E-state index contributed by atoms with van der Waals surface area (Å²) in [6.45, 7) is 1.96. The standard InChI is InChI=1S/C28H21N7O2/c1-17-6-5-9-22(32-17)26-20-7-3-4-8-21(20)28(35-34-26)33-18-10-11-25(30-15-18)37-24-12-13-29-23-14-19(36-2)16-31-27(23)24/h3-16H,1-2H3,(H,33,35). The van der Waals surface area contributed by atoms with Crippen LogP contribution in [0.4, 0.5) is 11.5 Å². The van der Waals surface area contributed by atoms with Crippen molar-refractivity contribution in [2.24, 2.45) is 0 Å². The number of fused-ring (bicyclic) bond motifs is 2. The van der Waals surface area contributed by atoms with Gasteiger partial charge in [-0.05, 0) is 25.1 Å². The molecule has 0 fully saturated rings. The summed E-state index contributed by atoms with van der Waals surface area (Å²) >= 11 is 0. The van der Waals surface area contributed by atoms with E-state index in [1.807, 2.05) is 55.5 Å². The summed E-state index contributed by atoms with van der Waals surface area (Å²) in [6.07, 6.45) is 4.97. The van der Waals surface area contributed by atoms with Crippen molar-refractivity contribution in [3.05, 3.63) is 91.0 Å². The van der Waals surface area contributed by atoms with E-state index in [4.69, 9.17) is 9.47 Å². The van der Waals surface area contributed by atoms with Crippen LogP contribution in [0.15, 0.2) is 85.3 Å². The highest BCUT2D eigenvalue weighted by Gasteiger charge is 2.13. The second-order valence-corrected chi connectivity index (χ2v) is 8.27. The molecule has 9 nitrogen and oxygen atoms in total. The van der Waals surface area contributed by atoms with Crippen molar-refractivity contribution in [1.82, 2.24) is 30.1 Å². The lowest BCUT2D eigenvalue weighted by Crippen LogP contribution is -2.00. The highest BCUT2D eigenvalue weighted by atomic mass is 16.5. The topological polar surface area (TPSA) is 108 Å². The smallest absolute Gasteiger partial charge is 0.219 e. The van der Waals surface area contributed by atoms with E-state index < -0.39 is 0 Å². The van der Waals surface area contributed by atoms with Gasteiger partial charge >= 0.3 is 0 Å². The lowest BCUT2D eigenvalue weighted by molar-refractivity contribution is 0.413. The molecule has 0 radical (unpaired) electrons. The van der Waals surface area contributed by atoms with Gasteiger partial charge in [0.25, 0.3) is 0 Å². The normalized spacial score (nSPS) is 11.0. The molecular weight excluding hydrogens is 466 g/mol. The van der Waals surface area contributed by atoms with Crippen LogP contribution < -0.4 is 14.8 Å². The number of hydrogen-bond donors (Lipinski definition) is 1. The summed E-state index contributed by atoms with van der Waals surface area (Å²) in [6, 6.07) is 21.1. The number of nitrogens with zero attached hydrogens (tertiary/aromatic N) is 6. The molecule has 0 amide bonds. The van der Waals surface area contributed by atoms with Gasteiger partial charge < -0.3 is 14.8 Å². The molecule has 5 aromatic heterocycles. The maximum Gasteiger partial charge on any atom is 0.219 e. The minimum absolute atomic E-state index is 0.424. The molecule has 0 saturated carbocycles. The Morgan fingerprint density at radius 3 is 2.51 bits per heavy atom. The number of rotatable bonds is 6. The zero-order valence-corrected chi connectivity index (χ0v) is 20.1. The lowest BCUT2D eigenvalue weighted by Gasteiger charge is -2.12. The zero-order chi connectivity index (χ0) is 25.2. The minimum Gasteiger partial charge on any atom is -0.495 e. The van der Waals surface area contributed by atoms with Gasteiger partial charge in [0.15, 0.2) is 11.6 Å². The number of benzene rings is 1. The summed E-state index contributed by atoms with van der Waals surface area (Å²) < 4.78 is 11.2. The first-order valence-corrected chi connectivity index (χ1v) is 11.6.